The second-order valence-electron chi connectivity index (χ2n) is 4.66. The monoisotopic (exact) mass is 182 g/mol. The summed E-state index contributed by atoms with van der Waals surface area (Å²) in [6.07, 6.45) is 4.30. The maximum atomic E-state index is 11.7. The van der Waals surface area contributed by atoms with E-state index in [1.807, 2.05) is 0 Å². The molecule has 0 aromatic rings. The van der Waals surface area contributed by atoms with Crippen molar-refractivity contribution in [2.24, 2.45) is 11.7 Å². The van der Waals surface area contributed by atoms with Crippen LogP contribution in [0, 0.1) is 5.92 Å². The molecule has 3 nitrogen and oxygen atoms in total. The molecule has 74 valence electrons. The number of carbonyl (C=O) groups is 1. The summed E-state index contributed by atoms with van der Waals surface area (Å²) in [7, 11) is 0. The molecule has 1 aliphatic heterocycles. The summed E-state index contributed by atoms with van der Waals surface area (Å²) in [5, 5.41) is 0. The van der Waals surface area contributed by atoms with Gasteiger partial charge >= 0.3 is 0 Å². The molecule has 1 saturated carbocycles. The minimum absolute atomic E-state index is 0.182. The Morgan fingerprint density at radius 2 is 2.31 bits per heavy atom. The Morgan fingerprint density at radius 3 is 2.69 bits per heavy atom. The van der Waals surface area contributed by atoms with Crippen LogP contribution in [-0.2, 0) is 4.79 Å². The van der Waals surface area contributed by atoms with Gasteiger partial charge in [-0.1, -0.05) is 0 Å². The number of nitrogens with two attached hydrogens (primary N) is 1. The van der Waals surface area contributed by atoms with Crippen LogP contribution in [0.2, 0.25) is 0 Å². The van der Waals surface area contributed by atoms with E-state index in [1.54, 1.807) is 0 Å². The molecular weight excluding hydrogens is 164 g/mol. The van der Waals surface area contributed by atoms with Crippen LogP contribution in [0.15, 0.2) is 0 Å². The summed E-state index contributed by atoms with van der Waals surface area (Å²) in [6, 6.07) is 0. The number of nitrogens with zero attached hydrogens (tertiary/aromatic N) is 1. The van der Waals surface area contributed by atoms with Gasteiger partial charge < -0.3 is 10.6 Å². The average Bonchev–Trinajstić information content (AvgIpc) is 2.43. The lowest BCUT2D eigenvalue weighted by Gasteiger charge is -2.46. The first-order valence-corrected chi connectivity index (χ1v) is 5.16. The largest absolute Gasteiger partial charge is 0.337 e. The molecular formula is C10H18N2O. The first-order chi connectivity index (χ1) is 6.15. The van der Waals surface area contributed by atoms with E-state index in [0.29, 0.717) is 24.8 Å². The lowest BCUT2D eigenvalue weighted by molar-refractivity contribution is -0.135. The Balaban J connectivity index is 2.04. The van der Waals surface area contributed by atoms with E-state index in [2.05, 4.69) is 11.8 Å². The fourth-order valence-electron chi connectivity index (χ4n) is 2.42. The quantitative estimate of drug-likeness (QED) is 0.684. The number of amides is 1. The lowest BCUT2D eigenvalue weighted by atomic mass is 9.77. The second kappa shape index (κ2) is 2.98. The van der Waals surface area contributed by atoms with Crippen LogP contribution < -0.4 is 5.73 Å². The van der Waals surface area contributed by atoms with Crippen molar-refractivity contribution < 1.29 is 4.79 Å². The van der Waals surface area contributed by atoms with Crippen molar-refractivity contribution in [1.82, 2.24) is 4.90 Å². The van der Waals surface area contributed by atoms with Gasteiger partial charge in [-0.25, -0.2) is 0 Å². The minimum atomic E-state index is 0.182. The van der Waals surface area contributed by atoms with E-state index >= 15 is 0 Å². The number of rotatable bonds is 2. The molecule has 2 aliphatic rings. The van der Waals surface area contributed by atoms with Crippen LogP contribution >= 0.6 is 0 Å². The zero-order valence-electron chi connectivity index (χ0n) is 8.25. The van der Waals surface area contributed by atoms with Gasteiger partial charge in [-0.15, -0.1) is 0 Å². The van der Waals surface area contributed by atoms with E-state index in [-0.39, 0.29) is 5.54 Å². The fraction of sp³-hybridized carbons (Fsp3) is 0.900. The zero-order valence-corrected chi connectivity index (χ0v) is 8.25. The molecule has 1 aliphatic carbocycles. The van der Waals surface area contributed by atoms with E-state index in [9.17, 15) is 4.79 Å². The third-order valence-electron chi connectivity index (χ3n) is 3.62. The molecule has 1 heterocycles. The maximum Gasteiger partial charge on any atom is 0.223 e. The van der Waals surface area contributed by atoms with E-state index in [0.717, 1.165) is 6.54 Å². The Kier molecular flexibility index (Phi) is 2.06. The molecule has 1 amide bonds. The van der Waals surface area contributed by atoms with E-state index in [4.69, 9.17) is 5.73 Å². The van der Waals surface area contributed by atoms with Gasteiger partial charge in [0.15, 0.2) is 0 Å². The first kappa shape index (κ1) is 9.00. The predicted octanol–water partition coefficient (Wildman–Crippen LogP) is 0.736. The van der Waals surface area contributed by atoms with Gasteiger partial charge in [0.05, 0.1) is 0 Å². The average molecular weight is 182 g/mol. The number of hydrogen-bond donors (Lipinski definition) is 1. The van der Waals surface area contributed by atoms with E-state index < -0.39 is 0 Å². The van der Waals surface area contributed by atoms with Crippen molar-refractivity contribution >= 4 is 5.91 Å². The number of likely N-dealkylation sites (tertiary alicyclic amines) is 1. The Bertz CT molecular complexity index is 223. The molecule has 2 N–H and O–H groups in total. The SMILES string of the molecule is CC1(N2CC(CN)CC2=O)CCC1. The summed E-state index contributed by atoms with van der Waals surface area (Å²) >= 11 is 0. The summed E-state index contributed by atoms with van der Waals surface area (Å²) in [5.74, 6) is 0.725. The van der Waals surface area contributed by atoms with Crippen molar-refractivity contribution in [3.63, 3.8) is 0 Å². The normalized spacial score (nSPS) is 32.0. The summed E-state index contributed by atoms with van der Waals surface area (Å²) in [5.41, 5.74) is 5.76. The molecule has 2 fully saturated rings. The van der Waals surface area contributed by atoms with Crippen LogP contribution in [0.3, 0.4) is 0 Å². The molecule has 3 heteroatoms. The van der Waals surface area contributed by atoms with Crippen LogP contribution in [-0.4, -0.2) is 29.4 Å². The highest BCUT2D eigenvalue weighted by Gasteiger charge is 2.44. The third kappa shape index (κ3) is 1.35. The smallest absolute Gasteiger partial charge is 0.223 e. The maximum absolute atomic E-state index is 11.7. The van der Waals surface area contributed by atoms with Crippen molar-refractivity contribution in [3.05, 3.63) is 0 Å². The fourth-order valence-corrected chi connectivity index (χ4v) is 2.42. The molecule has 1 unspecified atom stereocenters. The molecule has 1 atom stereocenters. The number of carbonyl (C=O) groups excluding carboxylic acids is 1. The number of hydrogen-bond acceptors (Lipinski definition) is 2. The topological polar surface area (TPSA) is 46.3 Å². The molecule has 1 saturated heterocycles. The van der Waals surface area contributed by atoms with Crippen LogP contribution in [0.4, 0.5) is 0 Å². The van der Waals surface area contributed by atoms with Gasteiger partial charge in [0, 0.05) is 18.5 Å². The minimum Gasteiger partial charge on any atom is -0.337 e. The summed E-state index contributed by atoms with van der Waals surface area (Å²) in [6.45, 7) is 3.75. The van der Waals surface area contributed by atoms with Crippen LogP contribution in [0.5, 0.6) is 0 Å². The summed E-state index contributed by atoms with van der Waals surface area (Å²) < 4.78 is 0. The predicted molar refractivity (Wildman–Crippen MR) is 51.1 cm³/mol. The molecule has 0 radical (unpaired) electrons. The van der Waals surface area contributed by atoms with E-state index in [1.165, 1.54) is 19.3 Å². The highest BCUT2D eigenvalue weighted by atomic mass is 16.2. The molecule has 0 aromatic carbocycles. The first-order valence-electron chi connectivity index (χ1n) is 5.16. The van der Waals surface area contributed by atoms with Gasteiger partial charge in [0.1, 0.15) is 0 Å². The van der Waals surface area contributed by atoms with Crippen LogP contribution in [0.25, 0.3) is 0 Å². The van der Waals surface area contributed by atoms with Gasteiger partial charge in [-0.2, -0.15) is 0 Å². The Morgan fingerprint density at radius 1 is 1.62 bits per heavy atom. The second-order valence-corrected chi connectivity index (χ2v) is 4.66. The lowest BCUT2D eigenvalue weighted by Crippen LogP contribution is -2.52. The highest BCUT2D eigenvalue weighted by Crippen LogP contribution is 2.40. The molecule has 2 rings (SSSR count). The molecule has 0 spiro atoms. The molecule has 0 aromatic heterocycles. The van der Waals surface area contributed by atoms with Gasteiger partial charge in [-0.3, -0.25) is 4.79 Å². The molecule has 13 heavy (non-hydrogen) atoms. The van der Waals surface area contributed by atoms with Gasteiger partial charge in [-0.05, 0) is 38.6 Å². The van der Waals surface area contributed by atoms with Gasteiger partial charge in [0.25, 0.3) is 0 Å². The van der Waals surface area contributed by atoms with Gasteiger partial charge in [0.2, 0.25) is 5.91 Å². The standard InChI is InChI=1S/C10H18N2O/c1-10(3-2-4-10)12-7-8(6-11)5-9(12)13/h8H,2-7,11H2,1H3. The zero-order chi connectivity index (χ0) is 9.47. The van der Waals surface area contributed by atoms with Crippen molar-refractivity contribution in [2.45, 2.75) is 38.1 Å². The molecule has 0 bridgehead atoms. The van der Waals surface area contributed by atoms with Crippen molar-refractivity contribution in [2.75, 3.05) is 13.1 Å². The highest BCUT2D eigenvalue weighted by molar-refractivity contribution is 5.79. The van der Waals surface area contributed by atoms with Crippen molar-refractivity contribution in [1.29, 1.82) is 0 Å². The van der Waals surface area contributed by atoms with Crippen molar-refractivity contribution in [3.8, 4) is 0 Å². The Labute approximate surface area is 79.3 Å². The summed E-state index contributed by atoms with van der Waals surface area (Å²) in [4.78, 5) is 13.7. The third-order valence-corrected chi connectivity index (χ3v) is 3.62. The van der Waals surface area contributed by atoms with Crippen LogP contribution in [0.1, 0.15) is 32.6 Å². The Hall–Kier alpha value is -0.570.